The Morgan fingerprint density at radius 2 is 1.77 bits per heavy atom. The second-order valence-electron chi connectivity index (χ2n) is 5.74. The van der Waals surface area contributed by atoms with E-state index in [0.717, 1.165) is 36.8 Å². The molecule has 8 nitrogen and oxygen atoms in total. The lowest BCUT2D eigenvalue weighted by Crippen LogP contribution is -1.96. The van der Waals surface area contributed by atoms with Gasteiger partial charge >= 0.3 is 15.6 Å². The van der Waals surface area contributed by atoms with Gasteiger partial charge in [-0.25, -0.2) is 9.13 Å². The molecule has 1 rings (SSSR count). The van der Waals surface area contributed by atoms with E-state index in [9.17, 15) is 9.13 Å². The molecule has 1 unspecified atom stereocenters. The first-order valence-electron chi connectivity index (χ1n) is 8.19. The van der Waals surface area contributed by atoms with Gasteiger partial charge in [0, 0.05) is 6.61 Å². The van der Waals surface area contributed by atoms with E-state index >= 15 is 0 Å². The number of allylic oxidation sites excluding steroid dienone is 1. The van der Waals surface area contributed by atoms with E-state index in [2.05, 4.69) is 8.83 Å². The number of hydrogen-bond acceptors (Lipinski definition) is 5. The second-order valence-corrected chi connectivity index (χ2v) is 8.57. The molecular formula is C16H26O8P2. The molecule has 3 N–H and O–H groups in total. The van der Waals surface area contributed by atoms with Crippen molar-refractivity contribution in [2.75, 3.05) is 13.2 Å². The average Bonchev–Trinajstić information content (AvgIpc) is 2.52. The van der Waals surface area contributed by atoms with Crippen molar-refractivity contribution in [1.82, 2.24) is 0 Å². The van der Waals surface area contributed by atoms with E-state index in [1.807, 2.05) is 37.3 Å². The van der Waals surface area contributed by atoms with Crippen LogP contribution in [0.25, 0.3) is 0 Å². The summed E-state index contributed by atoms with van der Waals surface area (Å²) in [6, 6.07) is 9.96. The van der Waals surface area contributed by atoms with Crippen LogP contribution in [0.3, 0.4) is 0 Å². The van der Waals surface area contributed by atoms with E-state index in [1.165, 1.54) is 0 Å². The van der Waals surface area contributed by atoms with Gasteiger partial charge in [-0.2, -0.15) is 4.31 Å². The molecule has 0 spiro atoms. The minimum atomic E-state index is -5.07. The molecule has 0 aliphatic heterocycles. The molecule has 148 valence electrons. The summed E-state index contributed by atoms with van der Waals surface area (Å²) in [6.45, 7) is 2.88. The Morgan fingerprint density at radius 3 is 2.42 bits per heavy atom. The van der Waals surface area contributed by atoms with Gasteiger partial charge in [-0.1, -0.05) is 48.4 Å². The Morgan fingerprint density at radius 1 is 1.08 bits per heavy atom. The highest BCUT2D eigenvalue weighted by molar-refractivity contribution is 7.60. The maximum atomic E-state index is 11.2. The Kier molecular flexibility index (Phi) is 10.5. The molecule has 0 aliphatic carbocycles. The lowest BCUT2D eigenvalue weighted by Gasteiger charge is -2.11. The van der Waals surface area contributed by atoms with E-state index in [1.54, 1.807) is 6.08 Å². The summed E-state index contributed by atoms with van der Waals surface area (Å²) in [5.41, 5.74) is 2.10. The van der Waals surface area contributed by atoms with Crippen LogP contribution in [0.2, 0.25) is 0 Å². The number of phosphoric acid groups is 2. The lowest BCUT2D eigenvalue weighted by molar-refractivity contribution is 0.117. The Bertz CT molecular complexity index is 641. The molecule has 0 aromatic heterocycles. The Hall–Kier alpha value is -0.820. The predicted octanol–water partition coefficient (Wildman–Crippen LogP) is 3.94. The van der Waals surface area contributed by atoms with Crippen LogP contribution in [0.4, 0.5) is 0 Å². The summed E-state index contributed by atoms with van der Waals surface area (Å²) in [4.78, 5) is 26.1. The van der Waals surface area contributed by atoms with Crippen molar-refractivity contribution in [3.8, 4) is 0 Å². The number of rotatable bonds is 13. The summed E-state index contributed by atoms with van der Waals surface area (Å²) >= 11 is 0. The van der Waals surface area contributed by atoms with E-state index < -0.39 is 15.6 Å². The molecule has 1 atom stereocenters. The third-order valence-corrected chi connectivity index (χ3v) is 5.50. The molecule has 1 aromatic rings. The van der Waals surface area contributed by atoms with Crippen LogP contribution in [0, 0.1) is 0 Å². The van der Waals surface area contributed by atoms with Crippen LogP contribution in [-0.4, -0.2) is 27.9 Å². The maximum Gasteiger partial charge on any atom is 0.481 e. The maximum absolute atomic E-state index is 11.2. The normalized spacial score (nSPS) is 15.0. The van der Waals surface area contributed by atoms with E-state index in [-0.39, 0.29) is 6.61 Å². The van der Waals surface area contributed by atoms with Gasteiger partial charge in [-0.15, -0.1) is 0 Å². The molecule has 0 saturated carbocycles. The standard InChI is InChI=1S/C16H26O8P2/c1-15(11-13-23-26(20,21)24-25(17,18)19)8-4-3-7-12-22-14-16-9-5-2-6-10-16/h2,5-6,9-11H,3-4,7-8,12-14H2,1H3,(H,20,21)(H2,17,18,19)/b15-11+. The highest BCUT2D eigenvalue weighted by Gasteiger charge is 2.31. The molecule has 26 heavy (non-hydrogen) atoms. The first-order valence-corrected chi connectivity index (χ1v) is 11.2. The lowest BCUT2D eigenvalue weighted by atomic mass is 10.1. The third-order valence-electron chi connectivity index (χ3n) is 3.35. The number of benzene rings is 1. The van der Waals surface area contributed by atoms with Crippen molar-refractivity contribution in [3.63, 3.8) is 0 Å². The molecule has 10 heteroatoms. The first-order chi connectivity index (χ1) is 12.2. The summed E-state index contributed by atoms with van der Waals surface area (Å²) in [6.07, 6.45) is 5.24. The van der Waals surface area contributed by atoms with Gasteiger partial charge < -0.3 is 19.4 Å². The molecule has 0 radical (unpaired) electrons. The van der Waals surface area contributed by atoms with Gasteiger partial charge in [0.15, 0.2) is 0 Å². The number of ether oxygens (including phenoxy) is 1. The fourth-order valence-corrected chi connectivity index (χ4v) is 3.61. The van der Waals surface area contributed by atoms with Crippen LogP contribution < -0.4 is 0 Å². The third kappa shape index (κ3) is 12.5. The van der Waals surface area contributed by atoms with Crippen LogP contribution in [0.1, 0.15) is 38.2 Å². The molecule has 0 fully saturated rings. The largest absolute Gasteiger partial charge is 0.481 e. The van der Waals surface area contributed by atoms with Gasteiger partial charge in [0.25, 0.3) is 0 Å². The molecule has 0 aliphatic rings. The molecule has 0 amide bonds. The summed E-state index contributed by atoms with van der Waals surface area (Å²) in [5, 5.41) is 0. The van der Waals surface area contributed by atoms with Crippen molar-refractivity contribution in [3.05, 3.63) is 47.5 Å². The highest BCUT2D eigenvalue weighted by Crippen LogP contribution is 2.57. The van der Waals surface area contributed by atoms with Crippen LogP contribution in [0.5, 0.6) is 0 Å². The topological polar surface area (TPSA) is 123 Å². The predicted molar refractivity (Wildman–Crippen MR) is 97.2 cm³/mol. The van der Waals surface area contributed by atoms with Crippen LogP contribution in [0.15, 0.2) is 42.0 Å². The fraction of sp³-hybridized carbons (Fsp3) is 0.500. The zero-order chi connectivity index (χ0) is 19.5. The minimum Gasteiger partial charge on any atom is -0.377 e. The number of phosphoric ester groups is 1. The summed E-state index contributed by atoms with van der Waals surface area (Å²) < 4.78 is 35.5. The summed E-state index contributed by atoms with van der Waals surface area (Å²) in [7, 11) is -9.84. The Labute approximate surface area is 153 Å². The van der Waals surface area contributed by atoms with Gasteiger partial charge in [-0.05, 0) is 31.7 Å². The van der Waals surface area contributed by atoms with Crippen LogP contribution >= 0.6 is 15.6 Å². The van der Waals surface area contributed by atoms with Crippen molar-refractivity contribution in [1.29, 1.82) is 0 Å². The van der Waals surface area contributed by atoms with Crippen molar-refractivity contribution >= 4 is 15.6 Å². The molecule has 1 aromatic carbocycles. The van der Waals surface area contributed by atoms with Gasteiger partial charge in [0.05, 0.1) is 13.2 Å². The monoisotopic (exact) mass is 408 g/mol. The molecule has 0 heterocycles. The summed E-state index contributed by atoms with van der Waals surface area (Å²) in [5.74, 6) is 0. The van der Waals surface area contributed by atoms with Gasteiger partial charge in [0.1, 0.15) is 0 Å². The molecule has 0 bridgehead atoms. The van der Waals surface area contributed by atoms with Gasteiger partial charge in [0.2, 0.25) is 0 Å². The Balaban J connectivity index is 2.08. The zero-order valence-corrected chi connectivity index (χ0v) is 16.5. The number of unbranched alkanes of at least 4 members (excludes halogenated alkanes) is 2. The van der Waals surface area contributed by atoms with Crippen molar-refractivity contribution in [2.24, 2.45) is 0 Å². The zero-order valence-electron chi connectivity index (χ0n) is 14.7. The SMILES string of the molecule is C/C(=C\COP(=O)(O)OP(=O)(O)O)CCCCCOCc1ccccc1. The first kappa shape index (κ1) is 23.2. The van der Waals surface area contributed by atoms with Crippen LogP contribution in [-0.2, 0) is 29.3 Å². The quantitative estimate of drug-likeness (QED) is 0.255. The second kappa shape index (κ2) is 11.8. The van der Waals surface area contributed by atoms with Crippen molar-refractivity contribution in [2.45, 2.75) is 39.2 Å². The molecule has 0 saturated heterocycles. The van der Waals surface area contributed by atoms with Gasteiger partial charge in [-0.3, -0.25) is 4.52 Å². The minimum absolute atomic E-state index is 0.264. The number of hydrogen-bond donors (Lipinski definition) is 3. The molecular weight excluding hydrogens is 382 g/mol. The van der Waals surface area contributed by atoms with E-state index in [0.29, 0.717) is 13.2 Å². The van der Waals surface area contributed by atoms with Crippen molar-refractivity contribution < 1.29 is 37.4 Å². The smallest absolute Gasteiger partial charge is 0.377 e. The highest BCUT2D eigenvalue weighted by atomic mass is 31.3. The van der Waals surface area contributed by atoms with E-state index in [4.69, 9.17) is 19.4 Å². The average molecular weight is 408 g/mol. The fourth-order valence-electron chi connectivity index (χ4n) is 2.08.